The summed E-state index contributed by atoms with van der Waals surface area (Å²) in [6.45, 7) is 1.76. The highest BCUT2D eigenvalue weighted by Gasteiger charge is 2.30. The molecule has 1 aliphatic rings. The largest absolute Gasteiger partial charge is 0.444 e. The Hall–Kier alpha value is -2.45. The number of amides is 1. The second kappa shape index (κ2) is 7.43. The summed E-state index contributed by atoms with van der Waals surface area (Å²) >= 11 is 0. The van der Waals surface area contributed by atoms with Crippen LogP contribution in [0.1, 0.15) is 34.7 Å². The number of carbonyl (C=O) groups excluding carboxylic acids is 1. The van der Waals surface area contributed by atoms with Gasteiger partial charge in [0.1, 0.15) is 12.4 Å². The average Bonchev–Trinajstić information content (AvgIpc) is 3.01. The first-order valence-electron chi connectivity index (χ1n) is 8.14. The van der Waals surface area contributed by atoms with Crippen molar-refractivity contribution in [2.45, 2.75) is 32.4 Å². The summed E-state index contributed by atoms with van der Waals surface area (Å²) in [6.07, 6.45) is -0.207. The number of ether oxygens (including phenoxy) is 1. The summed E-state index contributed by atoms with van der Waals surface area (Å²) in [7, 11) is -4.14. The Bertz CT molecular complexity index is 916. The second-order valence-electron chi connectivity index (χ2n) is 6.13. The molecule has 0 aromatic heterocycles. The molecular formula is C18H19FN2O4S. The number of halogens is 1. The average molecular weight is 378 g/mol. The quantitative estimate of drug-likeness (QED) is 0.838. The lowest BCUT2D eigenvalue weighted by atomic mass is 10.0. The van der Waals surface area contributed by atoms with Gasteiger partial charge in [-0.3, -0.25) is 0 Å². The molecule has 138 valence electrons. The first-order chi connectivity index (χ1) is 12.4. The van der Waals surface area contributed by atoms with E-state index in [1.165, 1.54) is 6.07 Å². The number of carbonyl (C=O) groups is 1. The highest BCUT2D eigenvalue weighted by molar-refractivity contribution is 7.88. The number of fused-ring (bicyclic) bond motifs is 1. The smallest absolute Gasteiger partial charge is 0.422 e. The number of rotatable bonds is 5. The van der Waals surface area contributed by atoms with Crippen molar-refractivity contribution < 1.29 is 22.3 Å². The first-order valence-corrected chi connectivity index (χ1v) is 9.62. The maximum absolute atomic E-state index is 13.9. The Morgan fingerprint density at radius 3 is 2.69 bits per heavy atom. The molecule has 1 atom stereocenters. The van der Waals surface area contributed by atoms with E-state index in [4.69, 9.17) is 4.74 Å². The summed E-state index contributed by atoms with van der Waals surface area (Å²) in [5.74, 6) is -0.345. The lowest BCUT2D eigenvalue weighted by molar-refractivity contribution is 0.146. The van der Waals surface area contributed by atoms with Crippen molar-refractivity contribution in [2.75, 3.05) is 0 Å². The van der Waals surface area contributed by atoms with E-state index in [0.29, 0.717) is 24.0 Å². The number of nitrogens with one attached hydrogen (secondary N) is 2. The van der Waals surface area contributed by atoms with Gasteiger partial charge in [0.25, 0.3) is 0 Å². The minimum atomic E-state index is -4.14. The Morgan fingerprint density at radius 1 is 1.23 bits per heavy atom. The van der Waals surface area contributed by atoms with Crippen LogP contribution in [-0.4, -0.2) is 14.5 Å². The Morgan fingerprint density at radius 2 is 1.96 bits per heavy atom. The van der Waals surface area contributed by atoms with Crippen LogP contribution in [0.2, 0.25) is 0 Å². The molecule has 2 N–H and O–H groups in total. The number of aryl methyl sites for hydroxylation is 1. The Labute approximate surface area is 151 Å². The highest BCUT2D eigenvalue weighted by Crippen LogP contribution is 2.35. The molecule has 0 spiro atoms. The third-order valence-corrected chi connectivity index (χ3v) is 5.31. The molecule has 0 aliphatic heterocycles. The minimum absolute atomic E-state index is 0.0429. The van der Waals surface area contributed by atoms with Gasteiger partial charge >= 0.3 is 16.3 Å². The van der Waals surface area contributed by atoms with Crippen molar-refractivity contribution in [3.8, 4) is 0 Å². The predicted octanol–water partition coefficient (Wildman–Crippen LogP) is 2.88. The second-order valence-corrected chi connectivity index (χ2v) is 7.58. The zero-order valence-corrected chi connectivity index (χ0v) is 15.0. The molecule has 1 amide bonds. The van der Waals surface area contributed by atoms with Crippen LogP contribution in [0.4, 0.5) is 9.18 Å². The highest BCUT2D eigenvalue weighted by atomic mass is 32.2. The maximum Gasteiger partial charge on any atom is 0.422 e. The van der Waals surface area contributed by atoms with Gasteiger partial charge in [0, 0.05) is 6.04 Å². The van der Waals surface area contributed by atoms with Crippen molar-refractivity contribution in [2.24, 2.45) is 0 Å². The summed E-state index contributed by atoms with van der Waals surface area (Å²) in [5.41, 5.74) is 2.69. The molecule has 1 unspecified atom stereocenters. The SMILES string of the molecule is Cc1ccc(F)c2c1C(NS(=O)(=O)NC(=O)OCc1ccccc1)CC2. The van der Waals surface area contributed by atoms with Gasteiger partial charge in [-0.05, 0) is 48.1 Å². The normalized spacial score (nSPS) is 16.2. The molecule has 2 aromatic carbocycles. The van der Waals surface area contributed by atoms with E-state index in [1.54, 1.807) is 37.3 Å². The lowest BCUT2D eigenvalue weighted by Gasteiger charge is -2.17. The predicted molar refractivity (Wildman–Crippen MR) is 94.0 cm³/mol. The van der Waals surface area contributed by atoms with Gasteiger partial charge in [-0.1, -0.05) is 36.4 Å². The molecule has 6 nitrogen and oxygen atoms in total. The molecule has 0 saturated carbocycles. The van der Waals surface area contributed by atoms with Gasteiger partial charge in [-0.2, -0.15) is 13.1 Å². The summed E-state index contributed by atoms with van der Waals surface area (Å²) in [5, 5.41) is 0. The van der Waals surface area contributed by atoms with Crippen LogP contribution in [0.15, 0.2) is 42.5 Å². The van der Waals surface area contributed by atoms with Gasteiger partial charge < -0.3 is 4.74 Å². The molecule has 26 heavy (non-hydrogen) atoms. The zero-order chi connectivity index (χ0) is 18.7. The molecule has 0 heterocycles. The summed E-state index contributed by atoms with van der Waals surface area (Å²) in [6, 6.07) is 11.3. The molecule has 0 fully saturated rings. The number of hydrogen-bond acceptors (Lipinski definition) is 4. The molecule has 2 aromatic rings. The van der Waals surface area contributed by atoms with Gasteiger partial charge in [-0.25, -0.2) is 13.9 Å². The molecule has 1 aliphatic carbocycles. The van der Waals surface area contributed by atoms with Crippen LogP contribution in [0.3, 0.4) is 0 Å². The van der Waals surface area contributed by atoms with Crippen LogP contribution >= 0.6 is 0 Å². The summed E-state index contributed by atoms with van der Waals surface area (Å²) in [4.78, 5) is 11.8. The molecule has 3 rings (SSSR count). The minimum Gasteiger partial charge on any atom is -0.444 e. The van der Waals surface area contributed by atoms with Crippen molar-refractivity contribution >= 4 is 16.3 Å². The topological polar surface area (TPSA) is 84.5 Å². The van der Waals surface area contributed by atoms with Crippen LogP contribution in [-0.2, 0) is 28.0 Å². The van der Waals surface area contributed by atoms with E-state index in [-0.39, 0.29) is 12.4 Å². The fourth-order valence-electron chi connectivity index (χ4n) is 3.12. The fourth-order valence-corrected chi connectivity index (χ4v) is 4.07. The van der Waals surface area contributed by atoms with Crippen LogP contribution in [0.5, 0.6) is 0 Å². The number of benzene rings is 2. The molecule has 0 bridgehead atoms. The van der Waals surface area contributed by atoms with E-state index >= 15 is 0 Å². The van der Waals surface area contributed by atoms with Gasteiger partial charge in [0.2, 0.25) is 0 Å². The van der Waals surface area contributed by atoms with E-state index < -0.39 is 22.3 Å². The molecular weight excluding hydrogens is 359 g/mol. The molecule has 0 saturated heterocycles. The van der Waals surface area contributed by atoms with Gasteiger partial charge in [0.15, 0.2) is 0 Å². The third kappa shape index (κ3) is 4.20. The van der Waals surface area contributed by atoms with Gasteiger partial charge in [-0.15, -0.1) is 0 Å². The first kappa shape index (κ1) is 18.3. The van der Waals surface area contributed by atoms with E-state index in [1.807, 2.05) is 10.8 Å². The van der Waals surface area contributed by atoms with Crippen LogP contribution < -0.4 is 9.44 Å². The van der Waals surface area contributed by atoms with Crippen molar-refractivity contribution in [3.63, 3.8) is 0 Å². The third-order valence-electron chi connectivity index (χ3n) is 4.28. The van der Waals surface area contributed by atoms with E-state index in [0.717, 1.165) is 11.1 Å². The Kier molecular flexibility index (Phi) is 5.24. The van der Waals surface area contributed by atoms with Crippen molar-refractivity contribution in [1.29, 1.82) is 0 Å². The Balaban J connectivity index is 1.62. The van der Waals surface area contributed by atoms with E-state index in [9.17, 15) is 17.6 Å². The van der Waals surface area contributed by atoms with Crippen LogP contribution in [0, 0.1) is 12.7 Å². The maximum atomic E-state index is 13.9. The van der Waals surface area contributed by atoms with Crippen LogP contribution in [0.25, 0.3) is 0 Å². The lowest BCUT2D eigenvalue weighted by Crippen LogP contribution is -2.41. The molecule has 0 radical (unpaired) electrons. The van der Waals surface area contributed by atoms with E-state index in [2.05, 4.69) is 4.72 Å². The zero-order valence-electron chi connectivity index (χ0n) is 14.2. The molecule has 8 heteroatoms. The monoisotopic (exact) mass is 378 g/mol. The van der Waals surface area contributed by atoms with Crippen molar-refractivity contribution in [3.05, 3.63) is 70.5 Å². The fraction of sp³-hybridized carbons (Fsp3) is 0.278. The standard InChI is InChI=1S/C18H19FN2O4S/c1-12-7-9-15(19)14-8-10-16(17(12)14)20-26(23,24)21-18(22)25-11-13-5-3-2-4-6-13/h2-7,9,16,20H,8,10-11H2,1H3,(H,21,22). The number of hydrogen-bond donors (Lipinski definition) is 2. The summed E-state index contributed by atoms with van der Waals surface area (Å²) < 4.78 is 47.4. The van der Waals surface area contributed by atoms with Gasteiger partial charge in [0.05, 0.1) is 0 Å². The van der Waals surface area contributed by atoms with Crippen molar-refractivity contribution in [1.82, 2.24) is 9.44 Å².